The number of hydrogen-bond acceptors (Lipinski definition) is 0. The highest BCUT2D eigenvalue weighted by Gasteiger charge is 2.12. The molecule has 0 spiro atoms. The topological polar surface area (TPSA) is 0 Å². The van der Waals surface area contributed by atoms with Gasteiger partial charge in [-0.05, 0) is 41.5 Å². The van der Waals surface area contributed by atoms with Gasteiger partial charge in [0.15, 0.2) is 0 Å². The molecule has 0 fully saturated rings. The summed E-state index contributed by atoms with van der Waals surface area (Å²) in [6.45, 7) is 0. The van der Waals surface area contributed by atoms with E-state index in [0.29, 0.717) is 10.0 Å². The summed E-state index contributed by atoms with van der Waals surface area (Å²) < 4.78 is 26.6. The number of rotatable bonds is 2. The average molecular weight is 318 g/mol. The molecular formula is C13H8BrClF2. The molecule has 2 aromatic rings. The average Bonchev–Trinajstić information content (AvgIpc) is 2.28. The summed E-state index contributed by atoms with van der Waals surface area (Å²) in [5.74, 6) is -0.680. The lowest BCUT2D eigenvalue weighted by molar-refractivity contribution is 0.623. The largest absolute Gasteiger partial charge is 0.207 e. The molecule has 0 aliphatic carbocycles. The first-order chi connectivity index (χ1) is 8.06. The lowest BCUT2D eigenvalue weighted by Crippen LogP contribution is -1.94. The molecule has 17 heavy (non-hydrogen) atoms. The summed E-state index contributed by atoms with van der Waals surface area (Å²) in [6.07, 6.45) is 0. The van der Waals surface area contributed by atoms with Gasteiger partial charge in [0.1, 0.15) is 11.6 Å². The number of hydrogen-bond donors (Lipinski definition) is 0. The zero-order valence-corrected chi connectivity index (χ0v) is 11.0. The van der Waals surface area contributed by atoms with Crippen LogP contribution in [0.3, 0.4) is 0 Å². The third-order valence-electron chi connectivity index (χ3n) is 2.34. The summed E-state index contributed by atoms with van der Waals surface area (Å²) >= 11 is 9.42. The summed E-state index contributed by atoms with van der Waals surface area (Å²) in [5.41, 5.74) is 1.36. The number of benzene rings is 2. The quantitative estimate of drug-likeness (QED) is 0.680. The highest BCUT2D eigenvalue weighted by atomic mass is 79.9. The second kappa shape index (κ2) is 5.15. The van der Waals surface area contributed by atoms with Gasteiger partial charge in [-0.15, -0.1) is 11.6 Å². The molecule has 0 saturated heterocycles. The van der Waals surface area contributed by atoms with Crippen LogP contribution in [0.5, 0.6) is 0 Å². The predicted molar refractivity (Wildman–Crippen MR) is 68.2 cm³/mol. The van der Waals surface area contributed by atoms with E-state index < -0.39 is 5.38 Å². The first kappa shape index (κ1) is 12.5. The van der Waals surface area contributed by atoms with Crippen molar-refractivity contribution in [2.75, 3.05) is 0 Å². The fourth-order valence-corrected chi connectivity index (χ4v) is 2.30. The van der Waals surface area contributed by atoms with Crippen molar-refractivity contribution in [3.63, 3.8) is 0 Å². The van der Waals surface area contributed by atoms with Crippen LogP contribution < -0.4 is 0 Å². The van der Waals surface area contributed by atoms with Crippen LogP contribution >= 0.6 is 27.5 Å². The van der Waals surface area contributed by atoms with Crippen LogP contribution in [-0.4, -0.2) is 0 Å². The van der Waals surface area contributed by atoms with Gasteiger partial charge in [0, 0.05) is 4.47 Å². The molecule has 0 bridgehead atoms. The maximum absolute atomic E-state index is 13.2. The molecule has 2 rings (SSSR count). The molecule has 0 amide bonds. The minimum absolute atomic E-state index is 0.321. The molecular weight excluding hydrogens is 309 g/mol. The second-order valence-electron chi connectivity index (χ2n) is 3.62. The Morgan fingerprint density at radius 1 is 0.882 bits per heavy atom. The zero-order valence-electron chi connectivity index (χ0n) is 8.63. The SMILES string of the molecule is Fc1ccc(C(Cl)c2cc(F)cc(Br)c2)cc1. The van der Waals surface area contributed by atoms with E-state index in [1.54, 1.807) is 18.2 Å². The van der Waals surface area contributed by atoms with Crippen LogP contribution in [-0.2, 0) is 0 Å². The Hall–Kier alpha value is -0.930. The molecule has 0 nitrogen and oxygen atoms in total. The van der Waals surface area contributed by atoms with E-state index in [4.69, 9.17) is 11.6 Å². The Balaban J connectivity index is 2.36. The number of alkyl halides is 1. The van der Waals surface area contributed by atoms with E-state index in [2.05, 4.69) is 15.9 Å². The molecule has 0 aromatic heterocycles. The molecule has 2 aromatic carbocycles. The molecule has 0 saturated carbocycles. The fourth-order valence-electron chi connectivity index (χ4n) is 1.55. The molecule has 4 heteroatoms. The van der Waals surface area contributed by atoms with Gasteiger partial charge < -0.3 is 0 Å². The smallest absolute Gasteiger partial charge is 0.124 e. The summed E-state index contributed by atoms with van der Waals surface area (Å²) in [7, 11) is 0. The van der Waals surface area contributed by atoms with Gasteiger partial charge in [0.25, 0.3) is 0 Å². The Bertz CT molecular complexity index is 505. The lowest BCUT2D eigenvalue weighted by Gasteiger charge is -2.11. The molecule has 0 aliphatic heterocycles. The predicted octanol–water partition coefficient (Wildman–Crippen LogP) is 5.06. The van der Waals surface area contributed by atoms with E-state index >= 15 is 0 Å². The van der Waals surface area contributed by atoms with E-state index in [1.165, 1.54) is 24.3 Å². The fraction of sp³-hybridized carbons (Fsp3) is 0.0769. The maximum atomic E-state index is 13.2. The van der Waals surface area contributed by atoms with Crippen molar-refractivity contribution in [3.05, 3.63) is 69.7 Å². The first-order valence-corrected chi connectivity index (χ1v) is 6.15. The second-order valence-corrected chi connectivity index (χ2v) is 4.97. The third-order valence-corrected chi connectivity index (χ3v) is 3.30. The molecule has 1 unspecified atom stereocenters. The van der Waals surface area contributed by atoms with E-state index in [-0.39, 0.29) is 11.6 Å². The minimum atomic E-state index is -0.498. The van der Waals surface area contributed by atoms with Crippen molar-refractivity contribution in [1.82, 2.24) is 0 Å². The molecule has 0 aliphatic rings. The lowest BCUT2D eigenvalue weighted by atomic mass is 10.0. The molecule has 0 N–H and O–H groups in total. The zero-order chi connectivity index (χ0) is 12.4. The van der Waals surface area contributed by atoms with Gasteiger partial charge in [-0.3, -0.25) is 0 Å². The monoisotopic (exact) mass is 316 g/mol. The van der Waals surface area contributed by atoms with Gasteiger partial charge in [0.05, 0.1) is 5.38 Å². The molecule has 1 atom stereocenters. The van der Waals surface area contributed by atoms with Gasteiger partial charge >= 0.3 is 0 Å². The maximum Gasteiger partial charge on any atom is 0.124 e. The van der Waals surface area contributed by atoms with E-state index in [0.717, 1.165) is 5.56 Å². The standard InChI is InChI=1S/C13H8BrClF2/c14-10-5-9(6-12(17)7-10)13(15)8-1-3-11(16)4-2-8/h1-7,13H. The van der Waals surface area contributed by atoms with Gasteiger partial charge in [0.2, 0.25) is 0 Å². The van der Waals surface area contributed by atoms with Crippen LogP contribution in [0, 0.1) is 11.6 Å². The third kappa shape index (κ3) is 3.05. The van der Waals surface area contributed by atoms with Crippen LogP contribution in [0.2, 0.25) is 0 Å². The first-order valence-electron chi connectivity index (χ1n) is 4.92. The Morgan fingerprint density at radius 3 is 2.12 bits per heavy atom. The van der Waals surface area contributed by atoms with Crippen molar-refractivity contribution in [1.29, 1.82) is 0 Å². The summed E-state index contributed by atoms with van der Waals surface area (Å²) in [4.78, 5) is 0. The summed E-state index contributed by atoms with van der Waals surface area (Å²) in [6, 6.07) is 10.3. The molecule has 0 heterocycles. The summed E-state index contributed by atoms with van der Waals surface area (Å²) in [5, 5.41) is -0.498. The molecule has 88 valence electrons. The highest BCUT2D eigenvalue weighted by Crippen LogP contribution is 2.31. The Kier molecular flexibility index (Phi) is 3.79. The van der Waals surface area contributed by atoms with Crippen molar-refractivity contribution < 1.29 is 8.78 Å². The van der Waals surface area contributed by atoms with Crippen LogP contribution in [0.1, 0.15) is 16.5 Å². The van der Waals surface area contributed by atoms with Gasteiger partial charge in [-0.1, -0.05) is 28.1 Å². The minimum Gasteiger partial charge on any atom is -0.207 e. The molecule has 0 radical (unpaired) electrons. The van der Waals surface area contributed by atoms with Crippen molar-refractivity contribution in [2.24, 2.45) is 0 Å². The van der Waals surface area contributed by atoms with Gasteiger partial charge in [-0.2, -0.15) is 0 Å². The van der Waals surface area contributed by atoms with Crippen LogP contribution in [0.15, 0.2) is 46.9 Å². The number of halogens is 4. The highest BCUT2D eigenvalue weighted by molar-refractivity contribution is 9.10. The van der Waals surface area contributed by atoms with Crippen molar-refractivity contribution >= 4 is 27.5 Å². The van der Waals surface area contributed by atoms with E-state index in [1.807, 2.05) is 0 Å². The van der Waals surface area contributed by atoms with E-state index in [9.17, 15) is 8.78 Å². The van der Waals surface area contributed by atoms with Crippen molar-refractivity contribution in [3.8, 4) is 0 Å². The van der Waals surface area contributed by atoms with Crippen molar-refractivity contribution in [2.45, 2.75) is 5.38 Å². The van der Waals surface area contributed by atoms with Crippen LogP contribution in [0.25, 0.3) is 0 Å². The van der Waals surface area contributed by atoms with Gasteiger partial charge in [-0.25, -0.2) is 8.78 Å². The Morgan fingerprint density at radius 2 is 1.53 bits per heavy atom. The Labute approximate surface area is 111 Å². The van der Waals surface area contributed by atoms with Crippen LogP contribution in [0.4, 0.5) is 8.78 Å². The normalized spacial score (nSPS) is 12.5.